The van der Waals surface area contributed by atoms with Gasteiger partial charge in [0.15, 0.2) is 5.78 Å². The highest BCUT2D eigenvalue weighted by Gasteiger charge is 2.33. The first-order valence-electron chi connectivity index (χ1n) is 9.71. The molecule has 0 atom stereocenters. The fourth-order valence-corrected chi connectivity index (χ4v) is 6.58. The molecule has 0 saturated carbocycles. The molecule has 2 aliphatic rings. The van der Waals surface area contributed by atoms with E-state index >= 15 is 0 Å². The summed E-state index contributed by atoms with van der Waals surface area (Å²) in [5.74, 6) is -1.19. The van der Waals surface area contributed by atoms with Gasteiger partial charge >= 0.3 is 11.9 Å². The quantitative estimate of drug-likeness (QED) is 0.370. The van der Waals surface area contributed by atoms with E-state index in [0.717, 1.165) is 30.7 Å². The van der Waals surface area contributed by atoms with Crippen LogP contribution >= 0.6 is 23.5 Å². The van der Waals surface area contributed by atoms with E-state index in [4.69, 9.17) is 9.47 Å². The monoisotopic (exact) mass is 460 g/mol. The second kappa shape index (κ2) is 8.00. The van der Waals surface area contributed by atoms with Crippen LogP contribution in [0.1, 0.15) is 47.8 Å². The average Bonchev–Trinajstić information content (AvgIpc) is 3.25. The molecule has 5 nitrogen and oxygen atoms in total. The average molecular weight is 461 g/mol. The number of thioether (sulfide) groups is 2. The van der Waals surface area contributed by atoms with Gasteiger partial charge in [-0.05, 0) is 23.3 Å². The Labute approximate surface area is 192 Å². The Kier molecular flexibility index (Phi) is 5.15. The van der Waals surface area contributed by atoms with Crippen molar-refractivity contribution in [1.82, 2.24) is 0 Å². The summed E-state index contributed by atoms with van der Waals surface area (Å²) in [4.78, 5) is 39.4. The maximum Gasteiger partial charge on any atom is 0.338 e. The second-order valence-corrected chi connectivity index (χ2v) is 9.48. The van der Waals surface area contributed by atoms with Crippen molar-refractivity contribution in [2.45, 2.75) is 9.79 Å². The first kappa shape index (κ1) is 20.6. The van der Waals surface area contributed by atoms with Crippen LogP contribution < -0.4 is 0 Å². The molecule has 3 aromatic rings. The standard InChI is InChI=1S/C25H16O5S2/c1-29-23(27)17-11-19-20(12-18(17)24(28)30-2)32-25(31-19)21-13-7-3-5-9-15(13)22(26)16-10-6-4-8-14(16)21/h3-12H,1-2H3. The lowest BCUT2D eigenvalue weighted by atomic mass is 9.82. The third kappa shape index (κ3) is 3.16. The van der Waals surface area contributed by atoms with Crippen molar-refractivity contribution in [1.29, 1.82) is 0 Å². The number of hydrogen-bond donors (Lipinski definition) is 0. The van der Waals surface area contributed by atoms with Crippen molar-refractivity contribution in [3.05, 3.63) is 98.3 Å². The topological polar surface area (TPSA) is 69.7 Å². The summed E-state index contributed by atoms with van der Waals surface area (Å²) in [7, 11) is 2.55. The van der Waals surface area contributed by atoms with E-state index < -0.39 is 11.9 Å². The summed E-state index contributed by atoms with van der Waals surface area (Å²) >= 11 is 3.03. The molecule has 0 bridgehead atoms. The van der Waals surface area contributed by atoms with Crippen molar-refractivity contribution < 1.29 is 23.9 Å². The third-order valence-electron chi connectivity index (χ3n) is 5.39. The van der Waals surface area contributed by atoms with E-state index in [1.165, 1.54) is 37.7 Å². The summed E-state index contributed by atoms with van der Waals surface area (Å²) in [6.07, 6.45) is 0. The Hall–Kier alpha value is -3.29. The maximum atomic E-state index is 13.1. The van der Waals surface area contributed by atoms with Crippen LogP contribution in [0.2, 0.25) is 0 Å². The Morgan fingerprint density at radius 3 is 1.50 bits per heavy atom. The molecule has 0 N–H and O–H groups in total. The molecule has 32 heavy (non-hydrogen) atoms. The summed E-state index contributed by atoms with van der Waals surface area (Å²) < 4.78 is 10.7. The smallest absolute Gasteiger partial charge is 0.338 e. The summed E-state index contributed by atoms with van der Waals surface area (Å²) in [5, 5.41) is 0. The van der Waals surface area contributed by atoms with Gasteiger partial charge in [-0.15, -0.1) is 0 Å². The fraction of sp³-hybridized carbons (Fsp3) is 0.0800. The van der Waals surface area contributed by atoms with Gasteiger partial charge in [0.2, 0.25) is 0 Å². The first-order valence-corrected chi connectivity index (χ1v) is 11.3. The van der Waals surface area contributed by atoms with Gasteiger partial charge in [-0.2, -0.15) is 0 Å². The third-order valence-corrected chi connectivity index (χ3v) is 7.91. The van der Waals surface area contributed by atoms with E-state index in [1.54, 1.807) is 12.1 Å². The van der Waals surface area contributed by atoms with Crippen molar-refractivity contribution in [2.24, 2.45) is 0 Å². The number of ether oxygens (including phenoxy) is 2. The van der Waals surface area contributed by atoms with Crippen LogP contribution in [0.25, 0.3) is 5.57 Å². The highest BCUT2D eigenvalue weighted by Crippen LogP contribution is 2.56. The minimum absolute atomic E-state index is 0.00650. The molecule has 0 fully saturated rings. The second-order valence-electron chi connectivity index (χ2n) is 7.11. The van der Waals surface area contributed by atoms with Gasteiger partial charge in [0.05, 0.1) is 29.6 Å². The number of methoxy groups -OCH3 is 2. The normalized spacial score (nSPS) is 13.9. The fourth-order valence-electron chi connectivity index (χ4n) is 3.91. The predicted molar refractivity (Wildman–Crippen MR) is 123 cm³/mol. The van der Waals surface area contributed by atoms with Gasteiger partial charge in [0.25, 0.3) is 0 Å². The Bertz CT molecular complexity index is 1260. The molecule has 1 aliphatic heterocycles. The minimum atomic E-state index is -0.598. The number of ketones is 1. The van der Waals surface area contributed by atoms with Gasteiger partial charge in [0.1, 0.15) is 0 Å². The molecule has 3 aromatic carbocycles. The van der Waals surface area contributed by atoms with Crippen molar-refractivity contribution in [3.8, 4) is 0 Å². The SMILES string of the molecule is COC(=O)c1cc2c(cc1C(=O)OC)SC(=C1c3ccccc3C(=O)c3ccccc31)S2. The zero-order chi connectivity index (χ0) is 22.4. The Morgan fingerprint density at radius 1 is 0.688 bits per heavy atom. The van der Waals surface area contributed by atoms with E-state index in [0.29, 0.717) is 11.1 Å². The van der Waals surface area contributed by atoms with Crippen molar-refractivity contribution >= 4 is 46.8 Å². The number of carbonyl (C=O) groups excluding carboxylic acids is 3. The van der Waals surface area contributed by atoms with Gasteiger partial charge in [0, 0.05) is 26.5 Å². The molecule has 1 aliphatic carbocycles. The van der Waals surface area contributed by atoms with E-state index in [9.17, 15) is 14.4 Å². The van der Waals surface area contributed by atoms with Crippen molar-refractivity contribution in [3.63, 3.8) is 0 Å². The number of rotatable bonds is 2. The number of fused-ring (bicyclic) bond motifs is 3. The molecule has 0 spiro atoms. The minimum Gasteiger partial charge on any atom is -0.465 e. The van der Waals surface area contributed by atoms with Crippen LogP contribution in [-0.2, 0) is 9.47 Å². The van der Waals surface area contributed by atoms with Crippen LogP contribution in [0, 0.1) is 0 Å². The van der Waals surface area contributed by atoms with E-state index in [-0.39, 0.29) is 16.9 Å². The highest BCUT2D eigenvalue weighted by atomic mass is 32.2. The van der Waals surface area contributed by atoms with E-state index in [2.05, 4.69) is 0 Å². The summed E-state index contributed by atoms with van der Waals surface area (Å²) in [6.45, 7) is 0. The largest absolute Gasteiger partial charge is 0.465 e. The molecular weight excluding hydrogens is 444 g/mol. The van der Waals surface area contributed by atoms with Crippen LogP contribution in [-0.4, -0.2) is 31.9 Å². The maximum absolute atomic E-state index is 13.1. The number of hydrogen-bond acceptors (Lipinski definition) is 7. The lowest BCUT2D eigenvalue weighted by Crippen LogP contribution is -2.14. The van der Waals surface area contributed by atoms with Crippen LogP contribution in [0.3, 0.4) is 0 Å². The van der Waals surface area contributed by atoms with E-state index in [1.807, 2.05) is 48.5 Å². The zero-order valence-electron chi connectivity index (χ0n) is 17.1. The van der Waals surface area contributed by atoms with Crippen LogP contribution in [0.5, 0.6) is 0 Å². The molecule has 0 aromatic heterocycles. The van der Waals surface area contributed by atoms with Crippen LogP contribution in [0.15, 0.2) is 74.7 Å². The molecule has 0 amide bonds. The van der Waals surface area contributed by atoms with Gasteiger partial charge in [-0.25, -0.2) is 9.59 Å². The number of benzene rings is 3. The lowest BCUT2D eigenvalue weighted by molar-refractivity contribution is 0.0554. The highest BCUT2D eigenvalue weighted by molar-refractivity contribution is 8.25. The molecule has 0 radical (unpaired) electrons. The predicted octanol–water partition coefficient (Wildman–Crippen LogP) is 5.42. The van der Waals surface area contributed by atoms with Gasteiger partial charge in [-0.1, -0.05) is 72.1 Å². The molecule has 0 unspecified atom stereocenters. The molecule has 1 heterocycles. The summed E-state index contributed by atoms with van der Waals surface area (Å²) in [5.41, 5.74) is 4.38. The summed E-state index contributed by atoms with van der Waals surface area (Å²) in [6, 6.07) is 18.5. The Morgan fingerprint density at radius 2 is 1.09 bits per heavy atom. The lowest BCUT2D eigenvalue weighted by Gasteiger charge is -2.22. The molecular formula is C25H16O5S2. The molecule has 5 rings (SSSR count). The van der Waals surface area contributed by atoms with Crippen molar-refractivity contribution in [2.75, 3.05) is 14.2 Å². The molecule has 158 valence electrons. The van der Waals surface area contributed by atoms with Crippen LogP contribution in [0.4, 0.5) is 0 Å². The van der Waals surface area contributed by atoms with Gasteiger partial charge < -0.3 is 9.47 Å². The number of esters is 2. The first-order chi connectivity index (χ1) is 15.5. The number of carbonyl (C=O) groups is 3. The molecule has 0 saturated heterocycles. The Balaban J connectivity index is 1.70. The van der Waals surface area contributed by atoms with Gasteiger partial charge in [-0.3, -0.25) is 4.79 Å². The molecule has 7 heteroatoms. The zero-order valence-corrected chi connectivity index (χ0v) is 18.8.